The second-order valence-corrected chi connectivity index (χ2v) is 5.56. The average molecular weight is 237 g/mol. The van der Waals surface area contributed by atoms with E-state index >= 15 is 0 Å². The first kappa shape index (κ1) is 14.8. The van der Waals surface area contributed by atoms with Crippen molar-refractivity contribution in [3.63, 3.8) is 0 Å². The van der Waals surface area contributed by atoms with Gasteiger partial charge in [-0.1, -0.05) is 45.1 Å². The predicted octanol–water partition coefficient (Wildman–Crippen LogP) is 4.68. The van der Waals surface area contributed by atoms with E-state index in [1.807, 2.05) is 6.08 Å². The Morgan fingerprint density at radius 2 is 2.00 bits per heavy atom. The van der Waals surface area contributed by atoms with Crippen molar-refractivity contribution in [2.75, 3.05) is 6.54 Å². The Morgan fingerprint density at radius 1 is 1.24 bits per heavy atom. The van der Waals surface area contributed by atoms with Gasteiger partial charge in [-0.15, -0.1) is 6.58 Å². The lowest BCUT2D eigenvalue weighted by atomic mass is 9.85. The van der Waals surface area contributed by atoms with Crippen molar-refractivity contribution in [2.24, 2.45) is 5.92 Å². The largest absolute Gasteiger partial charge is 0.314 e. The summed E-state index contributed by atoms with van der Waals surface area (Å²) >= 11 is 0. The highest BCUT2D eigenvalue weighted by Crippen LogP contribution is 2.28. The number of allylic oxidation sites excluding steroid dienone is 1. The van der Waals surface area contributed by atoms with E-state index in [1.54, 1.807) is 0 Å². The van der Waals surface area contributed by atoms with Crippen LogP contribution in [-0.2, 0) is 0 Å². The van der Waals surface area contributed by atoms with Gasteiger partial charge in [0, 0.05) is 6.04 Å². The van der Waals surface area contributed by atoms with E-state index in [4.69, 9.17) is 0 Å². The molecule has 0 aliphatic heterocycles. The highest BCUT2D eigenvalue weighted by molar-refractivity contribution is 4.74. The maximum Gasteiger partial charge on any atom is 0.00671 e. The third kappa shape index (κ3) is 6.88. The van der Waals surface area contributed by atoms with Crippen molar-refractivity contribution in [1.29, 1.82) is 0 Å². The zero-order valence-electron chi connectivity index (χ0n) is 11.7. The van der Waals surface area contributed by atoms with E-state index in [9.17, 15) is 0 Å². The van der Waals surface area contributed by atoms with Gasteiger partial charge >= 0.3 is 0 Å². The topological polar surface area (TPSA) is 12.0 Å². The van der Waals surface area contributed by atoms with E-state index in [0.717, 1.165) is 18.5 Å². The normalized spacial score (nSPS) is 19.1. The van der Waals surface area contributed by atoms with Gasteiger partial charge in [-0.3, -0.25) is 0 Å². The molecule has 0 bridgehead atoms. The molecule has 0 radical (unpaired) electrons. The fraction of sp³-hybridized carbons (Fsp3) is 0.875. The molecule has 0 heterocycles. The lowest BCUT2D eigenvalue weighted by molar-refractivity contribution is 0.308. The minimum atomic E-state index is 0.752. The summed E-state index contributed by atoms with van der Waals surface area (Å²) < 4.78 is 0. The van der Waals surface area contributed by atoms with E-state index in [0.29, 0.717) is 0 Å². The molecule has 1 N–H and O–H groups in total. The van der Waals surface area contributed by atoms with Gasteiger partial charge in [0.25, 0.3) is 0 Å². The lowest BCUT2D eigenvalue weighted by Crippen LogP contribution is -2.29. The molecule has 0 aromatic heterocycles. The minimum absolute atomic E-state index is 0.752. The van der Waals surface area contributed by atoms with Crippen molar-refractivity contribution in [3.8, 4) is 0 Å². The van der Waals surface area contributed by atoms with E-state index < -0.39 is 0 Å². The van der Waals surface area contributed by atoms with E-state index in [-0.39, 0.29) is 0 Å². The summed E-state index contributed by atoms with van der Waals surface area (Å²) in [7, 11) is 0. The molecule has 1 fully saturated rings. The van der Waals surface area contributed by atoms with Crippen LogP contribution in [0.25, 0.3) is 0 Å². The Morgan fingerprint density at radius 3 is 2.65 bits per heavy atom. The van der Waals surface area contributed by atoms with Gasteiger partial charge in [0.05, 0.1) is 0 Å². The van der Waals surface area contributed by atoms with Crippen LogP contribution in [0, 0.1) is 5.92 Å². The first-order valence-electron chi connectivity index (χ1n) is 7.71. The van der Waals surface area contributed by atoms with Crippen LogP contribution in [0.15, 0.2) is 12.7 Å². The molecule has 0 spiro atoms. The summed E-state index contributed by atoms with van der Waals surface area (Å²) in [5.74, 6) is 1.03. The molecule has 1 heteroatoms. The van der Waals surface area contributed by atoms with Crippen LogP contribution in [0.5, 0.6) is 0 Å². The van der Waals surface area contributed by atoms with E-state index in [1.165, 1.54) is 64.2 Å². The molecule has 17 heavy (non-hydrogen) atoms. The van der Waals surface area contributed by atoms with Crippen molar-refractivity contribution >= 4 is 0 Å². The van der Waals surface area contributed by atoms with Gasteiger partial charge in [-0.05, 0) is 44.6 Å². The Hall–Kier alpha value is -0.300. The van der Waals surface area contributed by atoms with Gasteiger partial charge in [0.15, 0.2) is 0 Å². The van der Waals surface area contributed by atoms with E-state index in [2.05, 4.69) is 18.8 Å². The Labute approximate surface area is 108 Å². The second kappa shape index (κ2) is 9.70. The van der Waals surface area contributed by atoms with Crippen LogP contribution in [-0.4, -0.2) is 12.6 Å². The first-order valence-corrected chi connectivity index (χ1v) is 7.71. The van der Waals surface area contributed by atoms with Crippen molar-refractivity contribution in [2.45, 2.75) is 77.2 Å². The monoisotopic (exact) mass is 237 g/mol. The van der Waals surface area contributed by atoms with Crippen LogP contribution in [0.4, 0.5) is 0 Å². The molecule has 1 unspecified atom stereocenters. The molecular formula is C16H31N. The summed E-state index contributed by atoms with van der Waals surface area (Å²) in [5, 5.41) is 3.65. The minimum Gasteiger partial charge on any atom is -0.314 e. The summed E-state index contributed by atoms with van der Waals surface area (Å²) in [5.41, 5.74) is 0. The Bertz CT molecular complexity index is 182. The molecule has 0 aromatic carbocycles. The number of unbranched alkanes of at least 4 members (excludes halogenated alkanes) is 1. The van der Waals surface area contributed by atoms with Gasteiger partial charge < -0.3 is 5.32 Å². The third-order valence-corrected chi connectivity index (χ3v) is 4.10. The van der Waals surface area contributed by atoms with Gasteiger partial charge in [-0.2, -0.15) is 0 Å². The first-order chi connectivity index (χ1) is 8.36. The molecule has 1 atom stereocenters. The standard InChI is InChI=1S/C16H31N/c1-3-5-7-12-16(17-4-2)14-13-15-10-8-6-9-11-15/h3,15-17H,1,4-14H2,2H3. The molecule has 1 nitrogen and oxygen atoms in total. The van der Waals surface area contributed by atoms with Crippen LogP contribution in [0.2, 0.25) is 0 Å². The fourth-order valence-electron chi connectivity index (χ4n) is 3.06. The molecule has 0 aromatic rings. The highest BCUT2D eigenvalue weighted by Gasteiger charge is 2.15. The average Bonchev–Trinajstić information content (AvgIpc) is 2.37. The van der Waals surface area contributed by atoms with Crippen molar-refractivity contribution in [1.82, 2.24) is 5.32 Å². The third-order valence-electron chi connectivity index (χ3n) is 4.10. The van der Waals surface area contributed by atoms with Gasteiger partial charge in [0.1, 0.15) is 0 Å². The SMILES string of the molecule is C=CCCCC(CCC1CCCCC1)NCC. The molecule has 100 valence electrons. The summed E-state index contributed by atoms with van der Waals surface area (Å²) in [6, 6.07) is 0.752. The zero-order chi connectivity index (χ0) is 12.3. The molecule has 1 rings (SSSR count). The molecule has 0 saturated heterocycles. The fourth-order valence-corrected chi connectivity index (χ4v) is 3.06. The maximum atomic E-state index is 3.80. The summed E-state index contributed by atoms with van der Waals surface area (Å²) in [4.78, 5) is 0. The predicted molar refractivity (Wildman–Crippen MR) is 77.3 cm³/mol. The van der Waals surface area contributed by atoms with Crippen LogP contribution in [0.3, 0.4) is 0 Å². The molecule has 1 saturated carbocycles. The summed E-state index contributed by atoms with van der Waals surface area (Å²) in [6.45, 7) is 7.14. The Kier molecular flexibility index (Phi) is 8.42. The van der Waals surface area contributed by atoms with Crippen molar-refractivity contribution < 1.29 is 0 Å². The zero-order valence-corrected chi connectivity index (χ0v) is 11.7. The van der Waals surface area contributed by atoms with Crippen molar-refractivity contribution in [3.05, 3.63) is 12.7 Å². The molecule has 1 aliphatic rings. The highest BCUT2D eigenvalue weighted by atomic mass is 14.9. The molecule has 1 aliphatic carbocycles. The lowest BCUT2D eigenvalue weighted by Gasteiger charge is -2.24. The van der Waals surface area contributed by atoms with Crippen LogP contribution < -0.4 is 5.32 Å². The number of hydrogen-bond acceptors (Lipinski definition) is 1. The number of hydrogen-bond donors (Lipinski definition) is 1. The number of rotatable bonds is 9. The molecule has 0 amide bonds. The van der Waals surface area contributed by atoms with Crippen LogP contribution >= 0.6 is 0 Å². The molecular weight excluding hydrogens is 206 g/mol. The van der Waals surface area contributed by atoms with Crippen LogP contribution in [0.1, 0.15) is 71.1 Å². The summed E-state index contributed by atoms with van der Waals surface area (Å²) in [6.07, 6.45) is 16.1. The number of nitrogens with one attached hydrogen (secondary N) is 1. The van der Waals surface area contributed by atoms with Gasteiger partial charge in [0.2, 0.25) is 0 Å². The smallest absolute Gasteiger partial charge is 0.00671 e. The maximum absolute atomic E-state index is 3.80. The second-order valence-electron chi connectivity index (χ2n) is 5.56. The van der Waals surface area contributed by atoms with Gasteiger partial charge in [-0.25, -0.2) is 0 Å². The Balaban J connectivity index is 2.15. The quantitative estimate of drug-likeness (QED) is 0.453.